The number of carbonyl (C=O) groups excluding carboxylic acids is 1. The molecule has 2 heterocycles. The molecule has 1 spiro atoms. The highest BCUT2D eigenvalue weighted by atomic mass is 35.5. The summed E-state index contributed by atoms with van der Waals surface area (Å²) in [7, 11) is 0. The van der Waals surface area contributed by atoms with Gasteiger partial charge in [-0.2, -0.15) is 0 Å². The van der Waals surface area contributed by atoms with Crippen LogP contribution < -0.4 is 0 Å². The van der Waals surface area contributed by atoms with Crippen LogP contribution in [0.5, 0.6) is 0 Å². The van der Waals surface area contributed by atoms with Crippen molar-refractivity contribution in [3.63, 3.8) is 0 Å². The highest BCUT2D eigenvalue weighted by Gasteiger charge is 2.50. The fourth-order valence-electron chi connectivity index (χ4n) is 2.63. The van der Waals surface area contributed by atoms with Gasteiger partial charge < -0.3 is 14.4 Å². The van der Waals surface area contributed by atoms with E-state index in [1.165, 1.54) is 0 Å². The molecule has 1 aromatic rings. The van der Waals surface area contributed by atoms with Gasteiger partial charge in [0.2, 0.25) is 0 Å². The van der Waals surface area contributed by atoms with Gasteiger partial charge in [0.05, 0.1) is 18.6 Å². The maximum atomic E-state index is 12.3. The minimum Gasteiger partial charge on any atom is -0.350 e. The molecule has 0 saturated carbocycles. The lowest BCUT2D eigenvalue weighted by atomic mass is 9.80. The molecule has 0 aromatic heterocycles. The van der Waals surface area contributed by atoms with Gasteiger partial charge in [0.1, 0.15) is 0 Å². The van der Waals surface area contributed by atoms with E-state index in [0.29, 0.717) is 36.9 Å². The first-order valence-corrected chi connectivity index (χ1v) is 7.10. The van der Waals surface area contributed by atoms with Crippen molar-refractivity contribution >= 4 is 17.5 Å². The van der Waals surface area contributed by atoms with E-state index in [9.17, 15) is 4.79 Å². The van der Waals surface area contributed by atoms with Crippen LogP contribution in [0.2, 0.25) is 5.02 Å². The zero-order chi connectivity index (χ0) is 14.4. The summed E-state index contributed by atoms with van der Waals surface area (Å²) in [6.45, 7) is 6.45. The Balaban J connectivity index is 1.62. The fourth-order valence-corrected chi connectivity index (χ4v) is 2.82. The van der Waals surface area contributed by atoms with Gasteiger partial charge in [-0.3, -0.25) is 4.79 Å². The van der Waals surface area contributed by atoms with E-state index in [-0.39, 0.29) is 11.3 Å². The van der Waals surface area contributed by atoms with E-state index in [1.54, 1.807) is 24.3 Å². The summed E-state index contributed by atoms with van der Waals surface area (Å²) < 4.78 is 11.4. The molecule has 108 valence electrons. The Kier molecular flexibility index (Phi) is 3.27. The highest BCUT2D eigenvalue weighted by Crippen LogP contribution is 2.38. The topological polar surface area (TPSA) is 38.8 Å². The Morgan fingerprint density at radius 3 is 2.50 bits per heavy atom. The molecule has 0 aliphatic carbocycles. The third-order valence-electron chi connectivity index (χ3n) is 3.86. The van der Waals surface area contributed by atoms with Crippen molar-refractivity contribution in [2.24, 2.45) is 5.41 Å². The Labute approximate surface area is 123 Å². The van der Waals surface area contributed by atoms with E-state index in [2.05, 4.69) is 0 Å². The third kappa shape index (κ3) is 2.55. The second-order valence-corrected chi connectivity index (χ2v) is 6.59. The van der Waals surface area contributed by atoms with Gasteiger partial charge in [0, 0.05) is 23.7 Å². The van der Waals surface area contributed by atoms with Crippen LogP contribution in [-0.2, 0) is 9.47 Å². The van der Waals surface area contributed by atoms with Crippen LogP contribution in [0.4, 0.5) is 0 Å². The Bertz CT molecular complexity index is 526. The molecule has 4 nitrogen and oxygen atoms in total. The number of likely N-dealkylation sites (tertiary alicyclic amines) is 1. The van der Waals surface area contributed by atoms with Crippen LogP contribution in [0.1, 0.15) is 24.2 Å². The summed E-state index contributed by atoms with van der Waals surface area (Å²) in [5, 5.41) is 0.581. The van der Waals surface area contributed by atoms with Crippen LogP contribution >= 0.6 is 11.6 Å². The zero-order valence-corrected chi connectivity index (χ0v) is 12.4. The number of halogens is 1. The van der Waals surface area contributed by atoms with E-state index in [0.717, 1.165) is 0 Å². The molecule has 2 fully saturated rings. The summed E-state index contributed by atoms with van der Waals surface area (Å²) in [5.41, 5.74) is 0.592. The van der Waals surface area contributed by atoms with Gasteiger partial charge >= 0.3 is 0 Å². The first-order valence-electron chi connectivity index (χ1n) is 6.72. The summed E-state index contributed by atoms with van der Waals surface area (Å²) in [6.07, 6.45) is 0. The number of hydrogen-bond donors (Lipinski definition) is 0. The van der Waals surface area contributed by atoms with Gasteiger partial charge in [-0.15, -0.1) is 0 Å². The predicted octanol–water partition coefficient (Wildman–Crippen LogP) is 2.57. The number of rotatable bonds is 1. The van der Waals surface area contributed by atoms with Crippen LogP contribution in [0, 0.1) is 5.41 Å². The maximum absolute atomic E-state index is 12.3. The number of hydrogen-bond acceptors (Lipinski definition) is 3. The highest BCUT2D eigenvalue weighted by molar-refractivity contribution is 6.30. The third-order valence-corrected chi connectivity index (χ3v) is 4.10. The summed E-state index contributed by atoms with van der Waals surface area (Å²) in [4.78, 5) is 14.1. The number of carbonyl (C=O) groups is 1. The van der Waals surface area contributed by atoms with Crippen molar-refractivity contribution < 1.29 is 14.3 Å². The van der Waals surface area contributed by atoms with Crippen LogP contribution in [-0.4, -0.2) is 42.9 Å². The molecule has 3 rings (SSSR count). The molecule has 5 heteroatoms. The van der Waals surface area contributed by atoms with Crippen molar-refractivity contribution in [1.29, 1.82) is 0 Å². The quantitative estimate of drug-likeness (QED) is 0.799. The lowest BCUT2D eigenvalue weighted by Crippen LogP contribution is -2.65. The minimum atomic E-state index is -0.511. The van der Waals surface area contributed by atoms with Crippen LogP contribution in [0.15, 0.2) is 24.3 Å². The fraction of sp³-hybridized carbons (Fsp3) is 0.533. The first-order chi connectivity index (χ1) is 9.39. The smallest absolute Gasteiger partial charge is 0.253 e. The van der Waals surface area contributed by atoms with Crippen molar-refractivity contribution in [2.45, 2.75) is 19.6 Å². The molecule has 2 saturated heterocycles. The Morgan fingerprint density at radius 1 is 1.25 bits per heavy atom. The summed E-state index contributed by atoms with van der Waals surface area (Å²) in [5.74, 6) is -0.495. The van der Waals surface area contributed by atoms with Crippen molar-refractivity contribution in [1.82, 2.24) is 4.90 Å². The number of amides is 1. The standard InChI is InChI=1S/C15H18ClNO3/c1-14(2)19-9-15(10-20-14)7-17(8-15)13(18)11-4-3-5-12(16)6-11/h3-6H,7-10H2,1-2H3. The summed E-state index contributed by atoms with van der Waals surface area (Å²) in [6, 6.07) is 7.04. The molecule has 0 unspecified atom stereocenters. The van der Waals surface area contributed by atoms with Gasteiger partial charge in [-0.25, -0.2) is 0 Å². The number of nitrogens with zero attached hydrogens (tertiary/aromatic N) is 1. The molecule has 0 bridgehead atoms. The first kappa shape index (κ1) is 13.9. The second kappa shape index (κ2) is 4.72. The molecule has 0 atom stereocenters. The maximum Gasteiger partial charge on any atom is 0.253 e. The minimum absolute atomic E-state index is 0.0166. The number of ether oxygens (including phenoxy) is 2. The molecule has 1 aromatic carbocycles. The van der Waals surface area contributed by atoms with E-state index in [4.69, 9.17) is 21.1 Å². The molecule has 2 aliphatic heterocycles. The number of benzene rings is 1. The van der Waals surface area contributed by atoms with Crippen molar-refractivity contribution in [3.05, 3.63) is 34.9 Å². The predicted molar refractivity (Wildman–Crippen MR) is 75.8 cm³/mol. The lowest BCUT2D eigenvalue weighted by molar-refractivity contribution is -0.301. The molecular weight excluding hydrogens is 278 g/mol. The van der Waals surface area contributed by atoms with E-state index in [1.807, 2.05) is 18.7 Å². The van der Waals surface area contributed by atoms with Crippen LogP contribution in [0.25, 0.3) is 0 Å². The molecule has 1 amide bonds. The molecule has 20 heavy (non-hydrogen) atoms. The Morgan fingerprint density at radius 2 is 1.90 bits per heavy atom. The average molecular weight is 296 g/mol. The molecular formula is C15H18ClNO3. The van der Waals surface area contributed by atoms with E-state index >= 15 is 0 Å². The normalized spacial score (nSPS) is 23.4. The SMILES string of the molecule is CC1(C)OCC2(CO1)CN(C(=O)c1cccc(Cl)c1)C2. The van der Waals surface area contributed by atoms with E-state index < -0.39 is 5.79 Å². The van der Waals surface area contributed by atoms with Gasteiger partial charge in [-0.05, 0) is 32.0 Å². The van der Waals surface area contributed by atoms with Gasteiger partial charge in [0.15, 0.2) is 5.79 Å². The van der Waals surface area contributed by atoms with Gasteiger partial charge in [-0.1, -0.05) is 17.7 Å². The van der Waals surface area contributed by atoms with Gasteiger partial charge in [0.25, 0.3) is 5.91 Å². The largest absolute Gasteiger partial charge is 0.350 e. The van der Waals surface area contributed by atoms with Crippen LogP contribution in [0.3, 0.4) is 0 Å². The molecule has 0 radical (unpaired) electrons. The zero-order valence-electron chi connectivity index (χ0n) is 11.7. The monoisotopic (exact) mass is 295 g/mol. The Hall–Kier alpha value is -1.10. The molecule has 2 aliphatic rings. The second-order valence-electron chi connectivity index (χ2n) is 6.15. The molecule has 0 N–H and O–H groups in total. The van der Waals surface area contributed by atoms with Crippen molar-refractivity contribution in [3.8, 4) is 0 Å². The average Bonchev–Trinajstić information content (AvgIpc) is 2.36. The lowest BCUT2D eigenvalue weighted by Gasteiger charge is -2.54. The summed E-state index contributed by atoms with van der Waals surface area (Å²) >= 11 is 5.92. The van der Waals surface area contributed by atoms with Crippen molar-refractivity contribution in [2.75, 3.05) is 26.3 Å².